The van der Waals surface area contributed by atoms with E-state index in [0.29, 0.717) is 6.42 Å². The zero-order valence-corrected chi connectivity index (χ0v) is 8.14. The molecule has 0 amide bonds. The summed E-state index contributed by atoms with van der Waals surface area (Å²) in [6.45, 7) is 0.0452. The Morgan fingerprint density at radius 2 is 1.87 bits per heavy atom. The van der Waals surface area contributed by atoms with E-state index >= 15 is 0 Å². The number of hydrogen-bond acceptors (Lipinski definition) is 1. The van der Waals surface area contributed by atoms with Crippen LogP contribution < -0.4 is 5.32 Å². The summed E-state index contributed by atoms with van der Waals surface area (Å²) in [7, 11) is 0. The minimum absolute atomic E-state index is 0.0170. The van der Waals surface area contributed by atoms with E-state index in [1.807, 2.05) is 0 Å². The second-order valence-corrected chi connectivity index (χ2v) is 3.78. The molecule has 1 nitrogen and oxygen atoms in total. The minimum atomic E-state index is -0.875. The van der Waals surface area contributed by atoms with Gasteiger partial charge in [-0.3, -0.25) is 0 Å². The number of alkyl halides is 1. The molecule has 0 saturated heterocycles. The Kier molecular flexibility index (Phi) is 2.95. The van der Waals surface area contributed by atoms with Gasteiger partial charge in [-0.1, -0.05) is 6.07 Å². The molecule has 1 aromatic carbocycles. The number of rotatable bonds is 3. The van der Waals surface area contributed by atoms with Gasteiger partial charge in [-0.25, -0.2) is 13.2 Å². The monoisotopic (exact) mass is 215 g/mol. The van der Waals surface area contributed by atoms with Crippen LogP contribution >= 0.6 is 0 Å². The molecule has 0 aliphatic heterocycles. The van der Waals surface area contributed by atoms with Gasteiger partial charge in [0.15, 0.2) is 0 Å². The predicted octanol–water partition coefficient (Wildman–Crippen LogP) is 2.55. The lowest BCUT2D eigenvalue weighted by molar-refractivity contribution is 0.141. The lowest BCUT2D eigenvalue weighted by Crippen LogP contribution is -2.45. The van der Waals surface area contributed by atoms with E-state index < -0.39 is 17.8 Å². The van der Waals surface area contributed by atoms with E-state index in [1.165, 1.54) is 18.2 Å². The van der Waals surface area contributed by atoms with Gasteiger partial charge in [-0.15, -0.1) is 0 Å². The van der Waals surface area contributed by atoms with Gasteiger partial charge in [0, 0.05) is 18.2 Å². The van der Waals surface area contributed by atoms with Gasteiger partial charge in [-0.05, 0) is 25.0 Å². The average Bonchev–Trinajstić information content (AvgIpc) is 2.20. The molecule has 1 aromatic rings. The van der Waals surface area contributed by atoms with Crippen molar-refractivity contribution in [2.75, 3.05) is 0 Å². The molecule has 4 heteroatoms. The second-order valence-electron chi connectivity index (χ2n) is 3.78. The van der Waals surface area contributed by atoms with Crippen molar-refractivity contribution in [3.8, 4) is 0 Å². The zero-order chi connectivity index (χ0) is 10.8. The van der Waals surface area contributed by atoms with Gasteiger partial charge in [-0.2, -0.15) is 0 Å². The molecule has 1 saturated carbocycles. The van der Waals surface area contributed by atoms with Crippen LogP contribution in [0.5, 0.6) is 0 Å². The molecule has 1 fully saturated rings. The third-order valence-corrected chi connectivity index (χ3v) is 2.79. The fourth-order valence-electron chi connectivity index (χ4n) is 1.62. The van der Waals surface area contributed by atoms with Crippen LogP contribution in [-0.2, 0) is 6.54 Å². The highest BCUT2D eigenvalue weighted by molar-refractivity contribution is 5.19. The largest absolute Gasteiger partial charge is 0.307 e. The Labute approximate surface area is 86.3 Å². The molecule has 82 valence electrons. The van der Waals surface area contributed by atoms with Gasteiger partial charge < -0.3 is 5.32 Å². The van der Waals surface area contributed by atoms with Gasteiger partial charge >= 0.3 is 0 Å². The first-order chi connectivity index (χ1) is 7.18. The molecule has 2 atom stereocenters. The summed E-state index contributed by atoms with van der Waals surface area (Å²) >= 11 is 0. The Morgan fingerprint density at radius 3 is 2.33 bits per heavy atom. The van der Waals surface area contributed by atoms with E-state index in [9.17, 15) is 13.2 Å². The lowest BCUT2D eigenvalue weighted by Gasteiger charge is -2.31. The summed E-state index contributed by atoms with van der Waals surface area (Å²) in [6, 6.07) is 3.47. The van der Waals surface area contributed by atoms with E-state index in [-0.39, 0.29) is 18.2 Å². The molecule has 0 aromatic heterocycles. The van der Waals surface area contributed by atoms with Crippen LogP contribution in [0.4, 0.5) is 13.2 Å². The molecule has 0 spiro atoms. The molecule has 1 N–H and O–H groups in total. The van der Waals surface area contributed by atoms with Gasteiger partial charge in [0.2, 0.25) is 0 Å². The topological polar surface area (TPSA) is 12.0 Å². The standard InChI is InChI=1S/C11H12F3N/c12-8-2-1-3-9(13)7(8)6-15-11-5-4-10(11)14/h1-3,10-11,15H,4-6H2. The first-order valence-corrected chi connectivity index (χ1v) is 4.99. The van der Waals surface area contributed by atoms with E-state index in [4.69, 9.17) is 0 Å². The Bertz CT molecular complexity index is 333. The zero-order valence-electron chi connectivity index (χ0n) is 8.14. The van der Waals surface area contributed by atoms with Crippen LogP contribution in [0.2, 0.25) is 0 Å². The van der Waals surface area contributed by atoms with Crippen LogP contribution in [0.3, 0.4) is 0 Å². The summed E-state index contributed by atoms with van der Waals surface area (Å²) in [6.07, 6.45) is 0.397. The minimum Gasteiger partial charge on any atom is -0.307 e. The predicted molar refractivity (Wildman–Crippen MR) is 51.1 cm³/mol. The molecule has 0 heterocycles. The van der Waals surface area contributed by atoms with Crippen molar-refractivity contribution >= 4 is 0 Å². The summed E-state index contributed by atoms with van der Waals surface area (Å²) in [5, 5.41) is 2.81. The van der Waals surface area contributed by atoms with E-state index in [1.54, 1.807) is 0 Å². The fourth-order valence-corrected chi connectivity index (χ4v) is 1.62. The highest BCUT2D eigenvalue weighted by Gasteiger charge is 2.30. The van der Waals surface area contributed by atoms with Crippen LogP contribution in [0.25, 0.3) is 0 Å². The highest BCUT2D eigenvalue weighted by atomic mass is 19.1. The van der Waals surface area contributed by atoms with Crippen molar-refractivity contribution in [3.05, 3.63) is 35.4 Å². The third kappa shape index (κ3) is 2.15. The van der Waals surface area contributed by atoms with Crippen LogP contribution in [0.15, 0.2) is 18.2 Å². The summed E-state index contributed by atoms with van der Waals surface area (Å²) in [5.41, 5.74) is -0.0170. The summed E-state index contributed by atoms with van der Waals surface area (Å²) in [4.78, 5) is 0. The molecule has 1 aliphatic rings. The first-order valence-electron chi connectivity index (χ1n) is 4.99. The average molecular weight is 215 g/mol. The fraction of sp³-hybridized carbons (Fsp3) is 0.455. The SMILES string of the molecule is Fc1cccc(F)c1CNC1CCC1F. The van der Waals surface area contributed by atoms with Crippen molar-refractivity contribution in [1.29, 1.82) is 0 Å². The molecule has 1 aliphatic carbocycles. The summed E-state index contributed by atoms with van der Waals surface area (Å²) < 4.78 is 39.1. The normalized spacial score (nSPS) is 25.0. The third-order valence-electron chi connectivity index (χ3n) is 2.79. The number of hydrogen-bond donors (Lipinski definition) is 1. The van der Waals surface area contributed by atoms with Crippen LogP contribution in [0, 0.1) is 11.6 Å². The van der Waals surface area contributed by atoms with Crippen LogP contribution in [0.1, 0.15) is 18.4 Å². The number of benzene rings is 1. The van der Waals surface area contributed by atoms with Crippen molar-refractivity contribution in [2.45, 2.75) is 31.6 Å². The lowest BCUT2D eigenvalue weighted by atomic mass is 9.90. The maximum absolute atomic E-state index is 13.1. The number of halogens is 3. The van der Waals surface area contributed by atoms with Crippen molar-refractivity contribution < 1.29 is 13.2 Å². The van der Waals surface area contributed by atoms with Crippen LogP contribution in [-0.4, -0.2) is 12.2 Å². The van der Waals surface area contributed by atoms with Gasteiger partial charge in [0.1, 0.15) is 17.8 Å². The Balaban J connectivity index is 1.98. The molecule has 0 radical (unpaired) electrons. The summed E-state index contributed by atoms with van der Waals surface area (Å²) in [5.74, 6) is -1.17. The van der Waals surface area contributed by atoms with Crippen molar-refractivity contribution in [1.82, 2.24) is 5.32 Å². The van der Waals surface area contributed by atoms with Crippen molar-refractivity contribution in [2.24, 2.45) is 0 Å². The van der Waals surface area contributed by atoms with E-state index in [0.717, 1.165) is 6.42 Å². The molecule has 2 rings (SSSR count). The second kappa shape index (κ2) is 4.23. The van der Waals surface area contributed by atoms with E-state index in [2.05, 4.69) is 5.32 Å². The molecular weight excluding hydrogens is 203 g/mol. The molecule has 0 bridgehead atoms. The maximum Gasteiger partial charge on any atom is 0.130 e. The smallest absolute Gasteiger partial charge is 0.130 e. The van der Waals surface area contributed by atoms with Crippen molar-refractivity contribution in [3.63, 3.8) is 0 Å². The highest BCUT2D eigenvalue weighted by Crippen LogP contribution is 2.23. The molecular formula is C11H12F3N. The maximum atomic E-state index is 13.1. The van der Waals surface area contributed by atoms with Gasteiger partial charge in [0.25, 0.3) is 0 Å². The quantitative estimate of drug-likeness (QED) is 0.817. The molecule has 15 heavy (non-hydrogen) atoms. The first kappa shape index (κ1) is 10.5. The Morgan fingerprint density at radius 1 is 1.20 bits per heavy atom. The Hall–Kier alpha value is -1.03. The number of nitrogens with one attached hydrogen (secondary N) is 1. The van der Waals surface area contributed by atoms with Gasteiger partial charge in [0.05, 0.1) is 0 Å². The molecule has 2 unspecified atom stereocenters.